The van der Waals surface area contributed by atoms with Crippen molar-refractivity contribution in [3.05, 3.63) is 29.6 Å². The fraction of sp³-hybridized carbons (Fsp3) is 0.471. The lowest BCUT2D eigenvalue weighted by atomic mass is 9.98. The first-order valence-corrected chi connectivity index (χ1v) is 8.37. The fourth-order valence-electron chi connectivity index (χ4n) is 3.61. The number of aromatic nitrogens is 2. The average molecular weight is 364 g/mol. The van der Waals surface area contributed by atoms with Crippen molar-refractivity contribution >= 4 is 24.1 Å². The maximum Gasteiger partial charge on any atom is 0.322 e. The van der Waals surface area contributed by atoms with Crippen LogP contribution in [-0.4, -0.2) is 29.3 Å². The zero-order valence-electron chi connectivity index (χ0n) is 14.1. The first-order chi connectivity index (χ1) is 11.6. The van der Waals surface area contributed by atoms with Crippen molar-refractivity contribution in [2.75, 3.05) is 18.0 Å². The Labute approximate surface area is 152 Å². The normalized spacial score (nSPS) is 19.0. The van der Waals surface area contributed by atoms with Gasteiger partial charge in [0.1, 0.15) is 0 Å². The highest BCUT2D eigenvalue weighted by molar-refractivity contribution is 5.95. The van der Waals surface area contributed by atoms with E-state index in [1.54, 1.807) is 4.90 Å². The average Bonchev–Trinajstić information content (AvgIpc) is 3.29. The quantitative estimate of drug-likeness (QED) is 0.873. The number of urea groups is 1. The molecule has 0 spiro atoms. The molecule has 2 aromatic rings. The zero-order chi connectivity index (χ0) is 16.7. The maximum absolute atomic E-state index is 11.9. The molecule has 0 bridgehead atoms. The van der Waals surface area contributed by atoms with Gasteiger partial charge < -0.3 is 15.6 Å². The molecule has 1 aromatic heterocycles. The molecule has 2 fully saturated rings. The molecule has 4 rings (SSSR count). The van der Waals surface area contributed by atoms with E-state index >= 15 is 0 Å². The number of nitrogens with two attached hydrogens (primary N) is 1. The van der Waals surface area contributed by atoms with Gasteiger partial charge in [0.2, 0.25) is 0 Å². The summed E-state index contributed by atoms with van der Waals surface area (Å²) < 4.78 is 5.49. The largest absolute Gasteiger partial charge is 0.336 e. The van der Waals surface area contributed by atoms with E-state index in [4.69, 9.17) is 10.3 Å². The van der Waals surface area contributed by atoms with Gasteiger partial charge in [0.25, 0.3) is 5.89 Å². The Hall–Kier alpha value is -2.12. The predicted octanol–water partition coefficient (Wildman–Crippen LogP) is 2.72. The third-order valence-corrected chi connectivity index (χ3v) is 5.05. The Morgan fingerprint density at radius 3 is 2.76 bits per heavy atom. The molecular formula is C17H22ClN5O2. The number of carbonyl (C=O) groups is 1. The summed E-state index contributed by atoms with van der Waals surface area (Å²) in [5.41, 5.74) is 8.59. The number of amides is 2. The number of hydrogen-bond donors (Lipinski definition) is 2. The third kappa shape index (κ3) is 2.98. The summed E-state index contributed by atoms with van der Waals surface area (Å²) in [5, 5.41) is 6.95. The van der Waals surface area contributed by atoms with Gasteiger partial charge in [-0.3, -0.25) is 4.90 Å². The predicted molar refractivity (Wildman–Crippen MR) is 96.8 cm³/mol. The highest BCUT2D eigenvalue weighted by Gasteiger charge is 2.36. The van der Waals surface area contributed by atoms with Gasteiger partial charge in [-0.05, 0) is 37.5 Å². The molecule has 1 aromatic carbocycles. The minimum Gasteiger partial charge on any atom is -0.336 e. The molecule has 3 N–H and O–H groups in total. The minimum atomic E-state index is -0.470. The third-order valence-electron chi connectivity index (χ3n) is 5.05. The number of anilines is 1. The smallest absolute Gasteiger partial charge is 0.322 e. The van der Waals surface area contributed by atoms with E-state index in [-0.39, 0.29) is 18.4 Å². The Morgan fingerprint density at radius 1 is 1.32 bits per heavy atom. The van der Waals surface area contributed by atoms with Crippen LogP contribution in [0.1, 0.15) is 37.1 Å². The number of hydrogen-bond acceptors (Lipinski definition) is 5. The van der Waals surface area contributed by atoms with Crippen LogP contribution in [0.5, 0.6) is 0 Å². The lowest BCUT2D eigenvalue weighted by molar-refractivity contribution is 0.252. The van der Waals surface area contributed by atoms with Gasteiger partial charge in [-0.1, -0.05) is 24.1 Å². The molecule has 134 valence electrons. The van der Waals surface area contributed by atoms with Crippen LogP contribution in [0.2, 0.25) is 0 Å². The minimum absolute atomic E-state index is 0. The topological polar surface area (TPSA) is 97.3 Å². The number of nitrogens with zero attached hydrogens (tertiary/aromatic N) is 3. The SMILES string of the molecule is Cc1c(-c2nc(C3(N)CCCC3)no2)cccc1N1CCNC1=O.Cl. The van der Waals surface area contributed by atoms with Crippen LogP contribution in [0.15, 0.2) is 22.7 Å². The summed E-state index contributed by atoms with van der Waals surface area (Å²) >= 11 is 0. The number of nitrogens with one attached hydrogen (secondary N) is 1. The summed E-state index contributed by atoms with van der Waals surface area (Å²) in [6.07, 6.45) is 3.97. The molecule has 25 heavy (non-hydrogen) atoms. The molecule has 1 aliphatic heterocycles. The molecule has 1 aliphatic carbocycles. The van der Waals surface area contributed by atoms with E-state index in [9.17, 15) is 4.79 Å². The lowest BCUT2D eigenvalue weighted by Gasteiger charge is -2.18. The van der Waals surface area contributed by atoms with Crippen LogP contribution in [0.3, 0.4) is 0 Å². The van der Waals surface area contributed by atoms with Crippen LogP contribution in [0, 0.1) is 6.92 Å². The van der Waals surface area contributed by atoms with Gasteiger partial charge in [-0.25, -0.2) is 4.79 Å². The first kappa shape index (κ1) is 17.7. The van der Waals surface area contributed by atoms with Crippen LogP contribution in [0.4, 0.5) is 10.5 Å². The van der Waals surface area contributed by atoms with Crippen molar-refractivity contribution in [2.24, 2.45) is 5.73 Å². The van der Waals surface area contributed by atoms with Gasteiger partial charge in [0.15, 0.2) is 5.82 Å². The highest BCUT2D eigenvalue weighted by atomic mass is 35.5. The monoisotopic (exact) mass is 363 g/mol. The summed E-state index contributed by atoms with van der Waals surface area (Å²) in [6.45, 7) is 3.28. The number of rotatable bonds is 3. The van der Waals surface area contributed by atoms with Crippen LogP contribution >= 0.6 is 12.4 Å². The molecule has 1 saturated heterocycles. The summed E-state index contributed by atoms with van der Waals surface area (Å²) in [5.74, 6) is 1.04. The summed E-state index contributed by atoms with van der Waals surface area (Å²) in [6, 6.07) is 5.69. The van der Waals surface area contributed by atoms with Crippen molar-refractivity contribution in [3.8, 4) is 11.5 Å². The van der Waals surface area contributed by atoms with Crippen LogP contribution in [0.25, 0.3) is 11.5 Å². The van der Waals surface area contributed by atoms with Crippen molar-refractivity contribution in [1.29, 1.82) is 0 Å². The molecule has 0 atom stereocenters. The highest BCUT2D eigenvalue weighted by Crippen LogP contribution is 2.36. The second kappa shape index (κ2) is 6.65. The Balaban J connectivity index is 0.00000182. The van der Waals surface area contributed by atoms with E-state index < -0.39 is 5.54 Å². The Kier molecular flexibility index (Phi) is 4.71. The van der Waals surface area contributed by atoms with E-state index in [2.05, 4.69) is 15.5 Å². The van der Waals surface area contributed by atoms with Gasteiger partial charge in [-0.15, -0.1) is 12.4 Å². The van der Waals surface area contributed by atoms with Crippen molar-refractivity contribution in [3.63, 3.8) is 0 Å². The van der Waals surface area contributed by atoms with E-state index in [1.807, 2.05) is 25.1 Å². The first-order valence-electron chi connectivity index (χ1n) is 8.37. The van der Waals surface area contributed by atoms with Crippen molar-refractivity contribution in [2.45, 2.75) is 38.1 Å². The molecule has 1 saturated carbocycles. The van der Waals surface area contributed by atoms with Gasteiger partial charge in [0, 0.05) is 24.3 Å². The van der Waals surface area contributed by atoms with E-state index in [0.717, 1.165) is 42.5 Å². The molecule has 2 heterocycles. The van der Waals surface area contributed by atoms with Crippen LogP contribution in [-0.2, 0) is 5.54 Å². The standard InChI is InChI=1S/C17H21N5O2.ClH/c1-11-12(5-4-6-13(11)22-10-9-19-16(22)23)14-20-15(21-24-14)17(18)7-2-3-8-17;/h4-6H,2-3,7-10,18H2,1H3,(H,19,23);1H. The second-order valence-corrected chi connectivity index (χ2v) is 6.62. The van der Waals surface area contributed by atoms with E-state index in [1.165, 1.54) is 0 Å². The van der Waals surface area contributed by atoms with E-state index in [0.29, 0.717) is 24.8 Å². The number of halogens is 1. The summed E-state index contributed by atoms with van der Waals surface area (Å²) in [7, 11) is 0. The second-order valence-electron chi connectivity index (χ2n) is 6.62. The molecule has 7 nitrogen and oxygen atoms in total. The Morgan fingerprint density at radius 2 is 2.08 bits per heavy atom. The Bertz CT molecular complexity index is 785. The molecule has 0 radical (unpaired) electrons. The van der Waals surface area contributed by atoms with Crippen molar-refractivity contribution in [1.82, 2.24) is 15.5 Å². The number of benzene rings is 1. The zero-order valence-corrected chi connectivity index (χ0v) is 14.9. The fourth-order valence-corrected chi connectivity index (χ4v) is 3.61. The molecule has 2 amide bonds. The van der Waals surface area contributed by atoms with Crippen molar-refractivity contribution < 1.29 is 9.32 Å². The molecule has 0 unspecified atom stereocenters. The molecular weight excluding hydrogens is 342 g/mol. The lowest BCUT2D eigenvalue weighted by Crippen LogP contribution is -2.34. The maximum atomic E-state index is 11.9. The molecule has 2 aliphatic rings. The van der Waals surface area contributed by atoms with Gasteiger partial charge in [0.05, 0.1) is 5.54 Å². The van der Waals surface area contributed by atoms with Gasteiger partial charge >= 0.3 is 6.03 Å². The number of carbonyl (C=O) groups excluding carboxylic acids is 1. The van der Waals surface area contributed by atoms with Crippen LogP contribution < -0.4 is 16.0 Å². The molecule has 8 heteroatoms. The summed E-state index contributed by atoms with van der Waals surface area (Å²) in [4.78, 5) is 18.2. The van der Waals surface area contributed by atoms with Gasteiger partial charge in [-0.2, -0.15) is 4.98 Å².